The molecular weight excluding hydrogens is 297 g/mol. The van der Waals surface area contributed by atoms with Gasteiger partial charge in [0.05, 0.1) is 6.61 Å². The maximum atomic E-state index is 12.3. The van der Waals surface area contributed by atoms with Crippen molar-refractivity contribution in [2.45, 2.75) is 13.1 Å². The number of fused-ring (bicyclic) bond motifs is 1. The number of benzene rings is 1. The topological polar surface area (TPSA) is 43.4 Å². The number of alkyl halides is 3. The molecule has 0 atom stereocenters. The molecule has 4 nitrogen and oxygen atoms in total. The molecule has 0 fully saturated rings. The molecule has 0 aliphatic heterocycles. The van der Waals surface area contributed by atoms with Gasteiger partial charge in [0.15, 0.2) is 6.61 Å². The lowest BCUT2D eigenvalue weighted by Gasteiger charge is -2.15. The van der Waals surface area contributed by atoms with Gasteiger partial charge in [-0.15, -0.1) is 0 Å². The normalized spacial score (nSPS) is 11.7. The van der Waals surface area contributed by atoms with Crippen molar-refractivity contribution in [2.24, 2.45) is 0 Å². The summed E-state index contributed by atoms with van der Waals surface area (Å²) in [6, 6.07) is 5.31. The van der Waals surface area contributed by atoms with E-state index in [9.17, 15) is 13.2 Å². The molecule has 0 aliphatic carbocycles. The Hall–Kier alpha value is -2.02. The Kier molecular flexibility index (Phi) is 5.07. The van der Waals surface area contributed by atoms with Crippen LogP contribution in [-0.2, 0) is 4.74 Å². The van der Waals surface area contributed by atoms with Gasteiger partial charge >= 0.3 is 6.18 Å². The number of aromatic nitrogens is 1. The molecule has 22 heavy (non-hydrogen) atoms. The number of rotatable bonds is 6. The minimum absolute atomic E-state index is 0.0201. The van der Waals surface area contributed by atoms with Gasteiger partial charge in [0.2, 0.25) is 5.88 Å². The minimum Gasteiger partial charge on any atom is -0.468 e. The summed E-state index contributed by atoms with van der Waals surface area (Å²) < 4.78 is 46.8. The first-order chi connectivity index (χ1) is 10.4. The van der Waals surface area contributed by atoms with Crippen LogP contribution in [0.25, 0.3) is 10.8 Å². The van der Waals surface area contributed by atoms with E-state index in [1.165, 1.54) is 6.20 Å². The highest BCUT2D eigenvalue weighted by Gasteiger charge is 2.29. The Morgan fingerprint density at radius 1 is 1.27 bits per heavy atom. The first-order valence-electron chi connectivity index (χ1n) is 6.73. The van der Waals surface area contributed by atoms with Crippen molar-refractivity contribution in [3.05, 3.63) is 30.0 Å². The van der Waals surface area contributed by atoms with Gasteiger partial charge in [0, 0.05) is 36.3 Å². The van der Waals surface area contributed by atoms with Gasteiger partial charge in [0.1, 0.15) is 0 Å². The largest absolute Gasteiger partial charge is 0.468 e. The summed E-state index contributed by atoms with van der Waals surface area (Å²) in [6.07, 6.45) is -2.89. The Balaban J connectivity index is 2.36. The number of ether oxygens (including phenoxy) is 2. The number of pyridine rings is 1. The van der Waals surface area contributed by atoms with Crippen molar-refractivity contribution in [3.8, 4) is 5.88 Å². The van der Waals surface area contributed by atoms with E-state index in [0.29, 0.717) is 18.5 Å². The zero-order valence-corrected chi connectivity index (χ0v) is 12.3. The highest BCUT2D eigenvalue weighted by atomic mass is 19.4. The predicted octanol–water partition coefficient (Wildman–Crippen LogP) is 3.54. The SMILES string of the molecule is COCCNc1cccc2c(OCC(F)(F)F)ncc(C)c12. The molecular formula is C15H17F3N2O2. The van der Waals surface area contributed by atoms with Gasteiger partial charge in [0.25, 0.3) is 0 Å². The lowest BCUT2D eigenvalue weighted by atomic mass is 10.1. The fraction of sp³-hybridized carbons (Fsp3) is 0.400. The maximum absolute atomic E-state index is 12.3. The van der Waals surface area contributed by atoms with Crippen molar-refractivity contribution in [2.75, 3.05) is 32.2 Å². The van der Waals surface area contributed by atoms with Gasteiger partial charge in [-0.05, 0) is 24.6 Å². The molecule has 0 aliphatic rings. The molecule has 1 aromatic heterocycles. The highest BCUT2D eigenvalue weighted by Crippen LogP contribution is 2.32. The lowest BCUT2D eigenvalue weighted by Crippen LogP contribution is -2.19. The van der Waals surface area contributed by atoms with Crippen LogP contribution in [0.3, 0.4) is 0 Å². The van der Waals surface area contributed by atoms with E-state index in [-0.39, 0.29) is 5.88 Å². The number of nitrogens with one attached hydrogen (secondary N) is 1. The first kappa shape index (κ1) is 16.4. The van der Waals surface area contributed by atoms with E-state index in [4.69, 9.17) is 9.47 Å². The Morgan fingerprint density at radius 3 is 2.73 bits per heavy atom. The summed E-state index contributed by atoms with van der Waals surface area (Å²) in [7, 11) is 1.60. The number of halogens is 3. The number of anilines is 1. The summed E-state index contributed by atoms with van der Waals surface area (Å²) in [6.45, 7) is 1.61. The molecule has 0 spiro atoms. The Labute approximate surface area is 126 Å². The van der Waals surface area contributed by atoms with Gasteiger partial charge < -0.3 is 14.8 Å². The van der Waals surface area contributed by atoms with Crippen molar-refractivity contribution in [1.82, 2.24) is 4.98 Å². The third-order valence-electron chi connectivity index (χ3n) is 3.06. The number of methoxy groups -OCH3 is 1. The minimum atomic E-state index is -4.40. The third kappa shape index (κ3) is 4.00. The fourth-order valence-electron chi connectivity index (χ4n) is 2.15. The third-order valence-corrected chi connectivity index (χ3v) is 3.06. The van der Waals surface area contributed by atoms with Crippen LogP contribution in [0.1, 0.15) is 5.56 Å². The molecule has 1 aromatic carbocycles. The molecule has 0 radical (unpaired) electrons. The second kappa shape index (κ2) is 6.83. The van der Waals surface area contributed by atoms with Crippen LogP contribution in [0.15, 0.2) is 24.4 Å². The molecule has 7 heteroatoms. The van der Waals surface area contributed by atoms with Gasteiger partial charge in [-0.2, -0.15) is 13.2 Å². The lowest BCUT2D eigenvalue weighted by molar-refractivity contribution is -0.153. The van der Waals surface area contributed by atoms with E-state index >= 15 is 0 Å². The summed E-state index contributed by atoms with van der Waals surface area (Å²) >= 11 is 0. The Morgan fingerprint density at radius 2 is 2.05 bits per heavy atom. The zero-order chi connectivity index (χ0) is 16.2. The molecule has 2 rings (SSSR count). The molecule has 0 unspecified atom stereocenters. The summed E-state index contributed by atoms with van der Waals surface area (Å²) in [4.78, 5) is 3.97. The van der Waals surface area contributed by atoms with E-state index in [0.717, 1.165) is 16.6 Å². The zero-order valence-electron chi connectivity index (χ0n) is 12.3. The summed E-state index contributed by atoms with van der Waals surface area (Å²) in [5, 5.41) is 4.54. The molecule has 2 aromatic rings. The average Bonchev–Trinajstić information content (AvgIpc) is 2.46. The number of aryl methyl sites for hydroxylation is 1. The molecule has 1 N–H and O–H groups in total. The van der Waals surface area contributed by atoms with Crippen LogP contribution in [0, 0.1) is 6.92 Å². The quantitative estimate of drug-likeness (QED) is 0.828. The van der Waals surface area contributed by atoms with Gasteiger partial charge in [-0.25, -0.2) is 4.98 Å². The molecule has 0 saturated carbocycles. The summed E-state index contributed by atoms with van der Waals surface area (Å²) in [5.41, 5.74) is 1.67. The average molecular weight is 314 g/mol. The number of hydrogen-bond acceptors (Lipinski definition) is 4. The van der Waals surface area contributed by atoms with E-state index in [1.807, 2.05) is 13.0 Å². The van der Waals surface area contributed by atoms with E-state index in [2.05, 4.69) is 10.3 Å². The van der Waals surface area contributed by atoms with Crippen LogP contribution < -0.4 is 10.1 Å². The van der Waals surface area contributed by atoms with Gasteiger partial charge in [-0.3, -0.25) is 0 Å². The molecule has 120 valence electrons. The number of nitrogens with zero attached hydrogens (tertiary/aromatic N) is 1. The van der Waals surface area contributed by atoms with Crippen molar-refractivity contribution in [1.29, 1.82) is 0 Å². The molecule has 0 saturated heterocycles. The Bertz CT molecular complexity index is 644. The van der Waals surface area contributed by atoms with Crippen molar-refractivity contribution >= 4 is 16.5 Å². The predicted molar refractivity (Wildman–Crippen MR) is 78.4 cm³/mol. The second-order valence-electron chi connectivity index (χ2n) is 4.80. The standard InChI is InChI=1S/C15H17F3N2O2/c1-10-8-20-14(22-9-15(16,17)18)11-4-3-5-12(13(10)11)19-6-7-21-2/h3-5,8,19H,6-7,9H2,1-2H3. The fourth-order valence-corrected chi connectivity index (χ4v) is 2.15. The summed E-state index contributed by atoms with van der Waals surface area (Å²) in [5.74, 6) is -0.0201. The monoisotopic (exact) mass is 314 g/mol. The van der Waals surface area contributed by atoms with Crippen LogP contribution >= 0.6 is 0 Å². The van der Waals surface area contributed by atoms with Gasteiger partial charge in [-0.1, -0.05) is 6.07 Å². The molecule has 0 amide bonds. The highest BCUT2D eigenvalue weighted by molar-refractivity contribution is 5.98. The maximum Gasteiger partial charge on any atom is 0.422 e. The smallest absolute Gasteiger partial charge is 0.422 e. The van der Waals surface area contributed by atoms with E-state index in [1.54, 1.807) is 19.2 Å². The van der Waals surface area contributed by atoms with Crippen LogP contribution in [0.5, 0.6) is 5.88 Å². The first-order valence-corrected chi connectivity index (χ1v) is 6.73. The van der Waals surface area contributed by atoms with Crippen LogP contribution in [0.4, 0.5) is 18.9 Å². The molecule has 0 bridgehead atoms. The van der Waals surface area contributed by atoms with Crippen LogP contribution in [0.2, 0.25) is 0 Å². The van der Waals surface area contributed by atoms with Crippen LogP contribution in [-0.4, -0.2) is 38.0 Å². The number of hydrogen-bond donors (Lipinski definition) is 1. The van der Waals surface area contributed by atoms with Crippen molar-refractivity contribution < 1.29 is 22.6 Å². The van der Waals surface area contributed by atoms with Crippen molar-refractivity contribution in [3.63, 3.8) is 0 Å². The van der Waals surface area contributed by atoms with E-state index < -0.39 is 12.8 Å². The molecule has 1 heterocycles. The second-order valence-corrected chi connectivity index (χ2v) is 4.80.